The Kier molecular flexibility index (Phi) is 2.41. The van der Waals surface area contributed by atoms with E-state index in [-0.39, 0.29) is 5.75 Å². The molecule has 1 aromatic heterocycles. The fraction of sp³-hybridized carbons (Fsp3) is 0.286. The van der Waals surface area contributed by atoms with Crippen molar-refractivity contribution in [2.75, 3.05) is 0 Å². The van der Waals surface area contributed by atoms with Crippen molar-refractivity contribution in [3.63, 3.8) is 0 Å². The first-order valence-corrected chi connectivity index (χ1v) is 6.41. The predicted octanol–water partition coefficient (Wildman–Crippen LogP) is 0.873. The maximum atomic E-state index is 10.8. The van der Waals surface area contributed by atoms with Crippen molar-refractivity contribution in [1.82, 2.24) is 4.98 Å². The summed E-state index contributed by atoms with van der Waals surface area (Å²) in [5, 5.41) is 8.21. The molecule has 0 atom stereocenters. The van der Waals surface area contributed by atoms with Gasteiger partial charge in [-0.1, -0.05) is 0 Å². The maximum absolute atomic E-state index is 10.8. The van der Waals surface area contributed by atoms with Crippen molar-refractivity contribution in [3.05, 3.63) is 17.5 Å². The quantitative estimate of drug-likeness (QED) is 0.786. The number of nitriles is 1. The SMILES string of the molecule is Cc1cc(O[Se](=O)(=O)C#N)c(C)[nH]1. The van der Waals surface area contributed by atoms with Gasteiger partial charge in [-0.3, -0.25) is 0 Å². The topological polar surface area (TPSA) is 82.9 Å². The van der Waals surface area contributed by atoms with Crippen LogP contribution >= 0.6 is 0 Å². The Morgan fingerprint density at radius 1 is 1.54 bits per heavy atom. The Hall–Kier alpha value is -1.31. The van der Waals surface area contributed by atoms with E-state index in [1.807, 2.05) is 0 Å². The number of aromatic nitrogens is 1. The Morgan fingerprint density at radius 3 is 2.54 bits per heavy atom. The van der Waals surface area contributed by atoms with Gasteiger partial charge in [-0.05, 0) is 0 Å². The summed E-state index contributed by atoms with van der Waals surface area (Å²) in [4.78, 5) is 4.00. The first-order valence-electron chi connectivity index (χ1n) is 3.46. The molecule has 0 aromatic carbocycles. The summed E-state index contributed by atoms with van der Waals surface area (Å²) in [5.74, 6) is 0.198. The fourth-order valence-electron chi connectivity index (χ4n) is 0.922. The van der Waals surface area contributed by atoms with Crippen LogP contribution in [0.4, 0.5) is 0 Å². The number of H-pyrrole nitrogens is 1. The summed E-state index contributed by atoms with van der Waals surface area (Å²) in [5.41, 5.74) is 1.39. The van der Waals surface area contributed by atoms with Crippen molar-refractivity contribution in [2.45, 2.75) is 13.8 Å². The molecule has 0 spiro atoms. The van der Waals surface area contributed by atoms with E-state index in [2.05, 4.69) is 8.80 Å². The Morgan fingerprint density at radius 2 is 2.15 bits per heavy atom. The van der Waals surface area contributed by atoms with Crippen molar-refractivity contribution >= 4 is 13.0 Å². The van der Waals surface area contributed by atoms with E-state index in [1.165, 1.54) is 6.07 Å². The van der Waals surface area contributed by atoms with Crippen LogP contribution in [0, 0.1) is 24.1 Å². The van der Waals surface area contributed by atoms with Gasteiger partial charge in [-0.2, -0.15) is 0 Å². The molecule has 0 aliphatic carbocycles. The molecule has 0 aliphatic rings. The van der Waals surface area contributed by atoms with Crippen molar-refractivity contribution in [3.8, 4) is 10.7 Å². The minimum absolute atomic E-state index is 0.198. The van der Waals surface area contributed by atoms with Crippen LogP contribution < -0.4 is 3.82 Å². The second kappa shape index (κ2) is 3.21. The zero-order valence-electron chi connectivity index (χ0n) is 7.16. The fourth-order valence-corrected chi connectivity index (χ4v) is 1.86. The number of rotatable bonds is 2. The number of nitrogens with one attached hydrogen (secondary N) is 1. The molecule has 1 aromatic rings. The first kappa shape index (κ1) is 9.78. The summed E-state index contributed by atoms with van der Waals surface area (Å²) in [6, 6.07) is 1.54. The third-order valence-corrected chi connectivity index (χ3v) is 2.72. The van der Waals surface area contributed by atoms with E-state index in [9.17, 15) is 7.67 Å². The van der Waals surface area contributed by atoms with Crippen molar-refractivity contribution in [2.24, 2.45) is 0 Å². The predicted molar refractivity (Wildman–Crippen MR) is 43.6 cm³/mol. The van der Waals surface area contributed by atoms with E-state index in [4.69, 9.17) is 5.26 Å². The monoisotopic (exact) mass is 248 g/mol. The molecule has 1 heterocycles. The summed E-state index contributed by atoms with van der Waals surface area (Å²) < 4.78 is 26.2. The third kappa shape index (κ3) is 2.31. The minimum atomic E-state index is -4.82. The van der Waals surface area contributed by atoms with Gasteiger partial charge in [0, 0.05) is 0 Å². The average molecular weight is 247 g/mol. The summed E-state index contributed by atoms with van der Waals surface area (Å²) >= 11 is -4.82. The van der Waals surface area contributed by atoms with Crippen LogP contribution in [-0.4, -0.2) is 18.0 Å². The van der Waals surface area contributed by atoms with Crippen LogP contribution in [0.3, 0.4) is 0 Å². The molecule has 0 saturated heterocycles. The molecule has 0 fully saturated rings. The summed E-state index contributed by atoms with van der Waals surface area (Å²) in [6.07, 6.45) is 0. The Balaban J connectivity index is 3.01. The molecule has 0 unspecified atom stereocenters. The third-order valence-electron chi connectivity index (χ3n) is 1.41. The van der Waals surface area contributed by atoms with Gasteiger partial charge in [0.05, 0.1) is 0 Å². The van der Waals surface area contributed by atoms with Crippen molar-refractivity contribution < 1.29 is 11.5 Å². The van der Waals surface area contributed by atoms with E-state index in [1.54, 1.807) is 13.8 Å². The molecule has 0 amide bonds. The van der Waals surface area contributed by atoms with Crippen LogP contribution in [0.5, 0.6) is 5.75 Å². The van der Waals surface area contributed by atoms with Gasteiger partial charge in [0.15, 0.2) is 0 Å². The summed E-state index contributed by atoms with van der Waals surface area (Å²) in [6.45, 7) is 3.44. The number of hydrogen-bond acceptors (Lipinski definition) is 4. The molecule has 6 heteroatoms. The molecule has 1 N–H and O–H groups in total. The van der Waals surface area contributed by atoms with E-state index >= 15 is 0 Å². The molecular formula is C7H8N2O3Se. The molecular weight excluding hydrogens is 239 g/mol. The van der Waals surface area contributed by atoms with Gasteiger partial charge in [0.2, 0.25) is 0 Å². The van der Waals surface area contributed by atoms with Gasteiger partial charge in [-0.15, -0.1) is 0 Å². The van der Waals surface area contributed by atoms with Gasteiger partial charge in [0.25, 0.3) is 0 Å². The molecule has 1 rings (SSSR count). The van der Waals surface area contributed by atoms with Crippen LogP contribution in [0.15, 0.2) is 6.07 Å². The van der Waals surface area contributed by atoms with Gasteiger partial charge in [-0.25, -0.2) is 0 Å². The van der Waals surface area contributed by atoms with E-state index in [0.29, 0.717) is 5.69 Å². The Bertz CT molecular complexity index is 453. The number of aryl methyl sites for hydroxylation is 2. The Labute approximate surface area is 77.3 Å². The van der Waals surface area contributed by atoms with Gasteiger partial charge < -0.3 is 0 Å². The molecule has 0 radical (unpaired) electrons. The van der Waals surface area contributed by atoms with Gasteiger partial charge >= 0.3 is 76.8 Å². The van der Waals surface area contributed by atoms with Crippen LogP contribution in [0.2, 0.25) is 0 Å². The zero-order valence-corrected chi connectivity index (χ0v) is 8.87. The standard InChI is InChI=1S/C7H8N2O3Se/c1-5-3-7(6(2)9-5)12-13(10,11)4-8/h3,9H,1-2H3. The number of aromatic amines is 1. The first-order chi connectivity index (χ1) is 5.94. The molecule has 13 heavy (non-hydrogen) atoms. The molecule has 0 bridgehead atoms. The normalized spacial score (nSPS) is 10.8. The van der Waals surface area contributed by atoms with E-state index in [0.717, 1.165) is 10.7 Å². The summed E-state index contributed by atoms with van der Waals surface area (Å²) in [7, 11) is 0. The molecule has 5 nitrogen and oxygen atoms in total. The van der Waals surface area contributed by atoms with Gasteiger partial charge in [0.1, 0.15) is 0 Å². The van der Waals surface area contributed by atoms with E-state index < -0.39 is 13.0 Å². The second-order valence-electron chi connectivity index (χ2n) is 2.57. The number of hydrogen-bond donors (Lipinski definition) is 1. The average Bonchev–Trinajstić information content (AvgIpc) is 2.30. The van der Waals surface area contributed by atoms with Crippen molar-refractivity contribution in [1.29, 1.82) is 5.26 Å². The van der Waals surface area contributed by atoms with Crippen LogP contribution in [0.25, 0.3) is 0 Å². The second-order valence-corrected chi connectivity index (χ2v) is 5.21. The molecule has 0 aliphatic heterocycles. The number of nitrogens with zero attached hydrogens (tertiary/aromatic N) is 1. The zero-order chi connectivity index (χ0) is 10.1. The van der Waals surface area contributed by atoms with Crippen LogP contribution in [0.1, 0.15) is 11.4 Å². The molecule has 0 saturated carbocycles. The van der Waals surface area contributed by atoms with Crippen LogP contribution in [-0.2, 0) is 7.67 Å². The molecule has 70 valence electrons.